The molecule has 0 unspecified atom stereocenters. The van der Waals surface area contributed by atoms with E-state index in [9.17, 15) is 4.79 Å². The molecule has 0 fully saturated rings. The van der Waals surface area contributed by atoms with Crippen LogP contribution in [0.5, 0.6) is 0 Å². The predicted molar refractivity (Wildman–Crippen MR) is 52.4 cm³/mol. The van der Waals surface area contributed by atoms with Gasteiger partial charge in [0.25, 0.3) is 0 Å². The van der Waals surface area contributed by atoms with E-state index in [2.05, 4.69) is 13.8 Å². The maximum atomic E-state index is 11.3. The third-order valence-electron chi connectivity index (χ3n) is 1.59. The van der Waals surface area contributed by atoms with Crippen molar-refractivity contribution in [1.29, 1.82) is 0 Å². The van der Waals surface area contributed by atoms with Gasteiger partial charge in [0.05, 0.1) is 0 Å². The molecular formula is C9H18ClNO. The highest BCUT2D eigenvalue weighted by atomic mass is 35.5. The quantitative estimate of drug-likeness (QED) is 0.610. The van der Waals surface area contributed by atoms with Crippen LogP contribution in [-0.4, -0.2) is 30.3 Å². The van der Waals surface area contributed by atoms with E-state index < -0.39 is 0 Å². The van der Waals surface area contributed by atoms with Crippen molar-refractivity contribution in [1.82, 2.24) is 4.90 Å². The normalized spacial score (nSPS) is 10.4. The van der Waals surface area contributed by atoms with E-state index in [0.717, 1.165) is 13.0 Å². The van der Waals surface area contributed by atoms with E-state index in [0.29, 0.717) is 18.2 Å². The average molecular weight is 192 g/mol. The Morgan fingerprint density at radius 2 is 2.08 bits per heavy atom. The Labute approximate surface area is 79.9 Å². The fourth-order valence-electron chi connectivity index (χ4n) is 1.06. The molecule has 0 spiro atoms. The molecule has 0 saturated heterocycles. The van der Waals surface area contributed by atoms with Crippen molar-refractivity contribution >= 4 is 17.5 Å². The molecule has 0 N–H and O–H groups in total. The van der Waals surface area contributed by atoms with Crippen LogP contribution in [0, 0.1) is 5.92 Å². The Kier molecular flexibility index (Phi) is 6.17. The fraction of sp³-hybridized carbons (Fsp3) is 0.889. The lowest BCUT2D eigenvalue weighted by Crippen LogP contribution is -2.30. The summed E-state index contributed by atoms with van der Waals surface area (Å²) >= 11 is 5.49. The third-order valence-corrected chi connectivity index (χ3v) is 1.86. The smallest absolute Gasteiger partial charge is 0.222 e. The highest BCUT2D eigenvalue weighted by molar-refractivity contribution is 6.17. The van der Waals surface area contributed by atoms with Gasteiger partial charge in [-0.05, 0) is 12.3 Å². The molecule has 0 saturated carbocycles. The van der Waals surface area contributed by atoms with Crippen molar-refractivity contribution in [2.24, 2.45) is 5.92 Å². The fourth-order valence-corrected chi connectivity index (χ4v) is 1.19. The Morgan fingerprint density at radius 3 is 2.50 bits per heavy atom. The Bertz CT molecular complexity index is 136. The van der Waals surface area contributed by atoms with Crippen molar-refractivity contribution in [3.8, 4) is 0 Å². The lowest BCUT2D eigenvalue weighted by molar-refractivity contribution is -0.130. The molecule has 0 heterocycles. The summed E-state index contributed by atoms with van der Waals surface area (Å²) in [6.07, 6.45) is 1.36. The van der Waals surface area contributed by atoms with Crippen molar-refractivity contribution in [3.05, 3.63) is 0 Å². The molecule has 12 heavy (non-hydrogen) atoms. The number of rotatable bonds is 5. The summed E-state index contributed by atoms with van der Waals surface area (Å²) in [4.78, 5) is 13.1. The summed E-state index contributed by atoms with van der Waals surface area (Å²) in [6.45, 7) is 5.04. The summed E-state index contributed by atoms with van der Waals surface area (Å²) in [7, 11) is 1.84. The molecule has 2 nitrogen and oxygen atoms in total. The third kappa shape index (κ3) is 5.42. The first-order valence-corrected chi connectivity index (χ1v) is 4.91. The summed E-state index contributed by atoms with van der Waals surface area (Å²) in [5, 5.41) is 0. The molecule has 0 aliphatic heterocycles. The first kappa shape index (κ1) is 11.8. The molecule has 0 rings (SSSR count). The second-order valence-electron chi connectivity index (χ2n) is 3.46. The van der Waals surface area contributed by atoms with Gasteiger partial charge in [-0.1, -0.05) is 13.8 Å². The van der Waals surface area contributed by atoms with Crippen LogP contribution in [0.15, 0.2) is 0 Å². The highest BCUT2D eigenvalue weighted by Crippen LogP contribution is 2.01. The number of hydrogen-bond acceptors (Lipinski definition) is 1. The maximum Gasteiger partial charge on any atom is 0.222 e. The standard InChI is InChI=1S/C9H18ClNO/c1-8(2)7-11(3)9(12)5-4-6-10/h8H,4-7H2,1-3H3. The molecule has 0 bridgehead atoms. The highest BCUT2D eigenvalue weighted by Gasteiger charge is 2.08. The van der Waals surface area contributed by atoms with E-state index >= 15 is 0 Å². The number of carbonyl (C=O) groups is 1. The minimum atomic E-state index is 0.198. The molecule has 0 aromatic carbocycles. The monoisotopic (exact) mass is 191 g/mol. The van der Waals surface area contributed by atoms with Crippen molar-refractivity contribution < 1.29 is 4.79 Å². The molecule has 72 valence electrons. The topological polar surface area (TPSA) is 20.3 Å². The number of alkyl halides is 1. The summed E-state index contributed by atoms with van der Waals surface area (Å²) in [5.41, 5.74) is 0. The first-order chi connectivity index (χ1) is 5.57. The number of hydrogen-bond donors (Lipinski definition) is 0. The number of halogens is 1. The van der Waals surface area contributed by atoms with E-state index in [1.54, 1.807) is 4.90 Å². The van der Waals surface area contributed by atoms with Crippen LogP contribution in [0.25, 0.3) is 0 Å². The molecule has 0 aliphatic rings. The van der Waals surface area contributed by atoms with Crippen LogP contribution in [0.1, 0.15) is 26.7 Å². The van der Waals surface area contributed by atoms with Crippen molar-refractivity contribution in [3.63, 3.8) is 0 Å². The summed E-state index contributed by atoms with van der Waals surface area (Å²) in [5.74, 6) is 1.31. The lowest BCUT2D eigenvalue weighted by atomic mass is 10.2. The average Bonchev–Trinajstić information content (AvgIpc) is 1.98. The predicted octanol–water partition coefficient (Wildman–Crippen LogP) is 2.12. The van der Waals surface area contributed by atoms with Crippen LogP contribution in [-0.2, 0) is 4.79 Å². The second-order valence-corrected chi connectivity index (χ2v) is 3.84. The minimum Gasteiger partial charge on any atom is -0.346 e. The van der Waals surface area contributed by atoms with Gasteiger partial charge in [0, 0.05) is 25.9 Å². The van der Waals surface area contributed by atoms with Crippen molar-refractivity contribution in [2.75, 3.05) is 19.5 Å². The molecular weight excluding hydrogens is 174 g/mol. The van der Waals surface area contributed by atoms with Gasteiger partial charge >= 0.3 is 0 Å². The minimum absolute atomic E-state index is 0.198. The molecule has 1 amide bonds. The van der Waals surface area contributed by atoms with Crippen LogP contribution in [0.4, 0.5) is 0 Å². The van der Waals surface area contributed by atoms with Crippen LogP contribution >= 0.6 is 11.6 Å². The second kappa shape index (κ2) is 6.30. The van der Waals surface area contributed by atoms with E-state index in [4.69, 9.17) is 11.6 Å². The zero-order chi connectivity index (χ0) is 9.56. The van der Waals surface area contributed by atoms with Gasteiger partial charge in [0.1, 0.15) is 0 Å². The van der Waals surface area contributed by atoms with E-state index in [1.807, 2.05) is 7.05 Å². The van der Waals surface area contributed by atoms with Crippen LogP contribution < -0.4 is 0 Å². The molecule has 0 aromatic rings. The Balaban J connectivity index is 3.61. The number of carbonyl (C=O) groups excluding carboxylic acids is 1. The van der Waals surface area contributed by atoms with E-state index in [-0.39, 0.29) is 5.91 Å². The molecule has 0 aromatic heterocycles. The molecule has 0 radical (unpaired) electrons. The molecule has 0 atom stereocenters. The SMILES string of the molecule is CC(C)CN(C)C(=O)CCCCl. The summed E-state index contributed by atoms with van der Waals surface area (Å²) < 4.78 is 0. The van der Waals surface area contributed by atoms with Gasteiger partial charge in [0.15, 0.2) is 0 Å². The summed E-state index contributed by atoms with van der Waals surface area (Å²) in [6, 6.07) is 0. The van der Waals surface area contributed by atoms with E-state index in [1.165, 1.54) is 0 Å². The molecule has 0 aliphatic carbocycles. The lowest BCUT2D eigenvalue weighted by Gasteiger charge is -2.18. The largest absolute Gasteiger partial charge is 0.346 e. The number of nitrogens with zero attached hydrogens (tertiary/aromatic N) is 1. The van der Waals surface area contributed by atoms with Gasteiger partial charge in [-0.2, -0.15) is 0 Å². The Hall–Kier alpha value is -0.240. The van der Waals surface area contributed by atoms with Gasteiger partial charge in [-0.3, -0.25) is 4.79 Å². The van der Waals surface area contributed by atoms with Gasteiger partial charge in [-0.25, -0.2) is 0 Å². The number of amides is 1. The zero-order valence-electron chi connectivity index (χ0n) is 8.14. The van der Waals surface area contributed by atoms with Gasteiger partial charge < -0.3 is 4.90 Å². The Morgan fingerprint density at radius 1 is 1.50 bits per heavy atom. The first-order valence-electron chi connectivity index (χ1n) is 4.37. The molecule has 3 heteroatoms. The van der Waals surface area contributed by atoms with Crippen molar-refractivity contribution in [2.45, 2.75) is 26.7 Å². The van der Waals surface area contributed by atoms with Crippen LogP contribution in [0.3, 0.4) is 0 Å². The maximum absolute atomic E-state index is 11.3. The van der Waals surface area contributed by atoms with Gasteiger partial charge in [0.2, 0.25) is 5.91 Å². The van der Waals surface area contributed by atoms with Gasteiger partial charge in [-0.15, -0.1) is 11.6 Å². The zero-order valence-corrected chi connectivity index (χ0v) is 8.90. The van der Waals surface area contributed by atoms with Crippen LogP contribution in [0.2, 0.25) is 0 Å².